The van der Waals surface area contributed by atoms with Crippen molar-refractivity contribution in [3.8, 4) is 0 Å². The molecule has 8 nitrogen and oxygen atoms in total. The summed E-state index contributed by atoms with van der Waals surface area (Å²) in [5.41, 5.74) is 0. The largest absolute Gasteiger partial charge is 0.466 e. The average molecular weight is 327 g/mol. The van der Waals surface area contributed by atoms with E-state index in [2.05, 4.69) is 14.8 Å². The molecule has 0 spiro atoms. The molecule has 0 rings (SSSR count). The Morgan fingerprint density at radius 1 is 1.04 bits per heavy atom. The first-order valence-corrected chi connectivity index (χ1v) is 7.02. The van der Waals surface area contributed by atoms with Crippen LogP contribution in [0.25, 0.3) is 0 Å². The van der Waals surface area contributed by atoms with Crippen LogP contribution in [-0.2, 0) is 33.4 Å². The lowest BCUT2D eigenvalue weighted by molar-refractivity contribution is -0.148. The van der Waals surface area contributed by atoms with Gasteiger partial charge in [-0.3, -0.25) is 14.4 Å². The third-order valence-electron chi connectivity index (χ3n) is 2.80. The Morgan fingerprint density at radius 2 is 1.61 bits per heavy atom. The number of methoxy groups -OCH3 is 1. The predicted molar refractivity (Wildman–Crippen MR) is 79.2 cm³/mol. The number of carbonyl (C=O) groups excluding carboxylic acids is 5. The van der Waals surface area contributed by atoms with Gasteiger partial charge in [0.05, 0.1) is 13.2 Å². The number of hydrogen-bond donors (Lipinski definition) is 1. The summed E-state index contributed by atoms with van der Waals surface area (Å²) in [5.74, 6) is -4.11. The SMILES string of the molecule is CCC(=O)[C@@H](NC(=O)C(=O)COC(=O)/C=C/C(=O)OC)C(C)C. The molecule has 0 saturated carbocycles. The van der Waals surface area contributed by atoms with E-state index in [0.717, 1.165) is 19.3 Å². The molecule has 8 heteroatoms. The second-order valence-electron chi connectivity index (χ2n) is 4.90. The molecule has 0 radical (unpaired) electrons. The summed E-state index contributed by atoms with van der Waals surface area (Å²) >= 11 is 0. The van der Waals surface area contributed by atoms with E-state index in [4.69, 9.17) is 0 Å². The third kappa shape index (κ3) is 7.89. The summed E-state index contributed by atoms with van der Waals surface area (Å²) in [6.07, 6.45) is 1.82. The Hall–Kier alpha value is -2.51. The van der Waals surface area contributed by atoms with E-state index in [-0.39, 0.29) is 18.1 Å². The van der Waals surface area contributed by atoms with Crippen LogP contribution in [0.5, 0.6) is 0 Å². The topological polar surface area (TPSA) is 116 Å². The summed E-state index contributed by atoms with van der Waals surface area (Å²) in [5, 5.41) is 2.33. The molecule has 0 bridgehead atoms. The van der Waals surface area contributed by atoms with Crippen LogP contribution in [0.15, 0.2) is 12.2 Å². The summed E-state index contributed by atoms with van der Waals surface area (Å²) < 4.78 is 8.79. The van der Waals surface area contributed by atoms with Crippen molar-refractivity contribution in [1.29, 1.82) is 0 Å². The van der Waals surface area contributed by atoms with Crippen LogP contribution >= 0.6 is 0 Å². The van der Waals surface area contributed by atoms with Gasteiger partial charge in [0.25, 0.3) is 11.7 Å². The molecule has 0 unspecified atom stereocenters. The van der Waals surface area contributed by atoms with Crippen molar-refractivity contribution < 1.29 is 33.4 Å². The maximum atomic E-state index is 11.7. The molecule has 1 N–H and O–H groups in total. The first-order chi connectivity index (χ1) is 10.7. The van der Waals surface area contributed by atoms with E-state index >= 15 is 0 Å². The Morgan fingerprint density at radius 3 is 2.09 bits per heavy atom. The van der Waals surface area contributed by atoms with Crippen molar-refractivity contribution in [3.63, 3.8) is 0 Å². The monoisotopic (exact) mass is 327 g/mol. The number of hydrogen-bond acceptors (Lipinski definition) is 7. The summed E-state index contributed by atoms with van der Waals surface area (Å²) in [6.45, 7) is 4.34. The van der Waals surface area contributed by atoms with Crippen LogP contribution in [0.3, 0.4) is 0 Å². The number of amides is 1. The molecule has 0 aliphatic heterocycles. The molecule has 1 amide bonds. The first kappa shape index (κ1) is 20.5. The third-order valence-corrected chi connectivity index (χ3v) is 2.80. The molecule has 0 heterocycles. The van der Waals surface area contributed by atoms with Crippen molar-refractivity contribution in [2.24, 2.45) is 5.92 Å². The van der Waals surface area contributed by atoms with Crippen LogP contribution in [0, 0.1) is 5.92 Å². The number of nitrogens with one attached hydrogen (secondary N) is 1. The minimum Gasteiger partial charge on any atom is -0.466 e. The van der Waals surface area contributed by atoms with Gasteiger partial charge in [-0.15, -0.1) is 0 Å². The van der Waals surface area contributed by atoms with Gasteiger partial charge in [0.2, 0.25) is 0 Å². The molecular formula is C15H21NO7. The van der Waals surface area contributed by atoms with Crippen molar-refractivity contribution in [3.05, 3.63) is 12.2 Å². The molecule has 0 aromatic rings. The molecular weight excluding hydrogens is 306 g/mol. The summed E-state index contributed by atoms with van der Waals surface area (Å²) in [6, 6.07) is -0.772. The summed E-state index contributed by atoms with van der Waals surface area (Å²) in [7, 11) is 1.13. The van der Waals surface area contributed by atoms with Gasteiger partial charge in [0.15, 0.2) is 12.4 Å². The van der Waals surface area contributed by atoms with E-state index in [1.807, 2.05) is 0 Å². The van der Waals surface area contributed by atoms with Gasteiger partial charge in [-0.05, 0) is 5.92 Å². The second-order valence-corrected chi connectivity index (χ2v) is 4.90. The maximum Gasteiger partial charge on any atom is 0.331 e. The molecule has 0 saturated heterocycles. The lowest BCUT2D eigenvalue weighted by atomic mass is 9.98. The van der Waals surface area contributed by atoms with Crippen LogP contribution in [0.2, 0.25) is 0 Å². The van der Waals surface area contributed by atoms with Gasteiger partial charge in [-0.1, -0.05) is 20.8 Å². The lowest BCUT2D eigenvalue weighted by Crippen LogP contribution is -2.47. The zero-order valence-electron chi connectivity index (χ0n) is 13.6. The minimum atomic E-state index is -1.00. The Labute approximate surface area is 134 Å². The van der Waals surface area contributed by atoms with Gasteiger partial charge in [0.1, 0.15) is 0 Å². The van der Waals surface area contributed by atoms with E-state index < -0.39 is 36.3 Å². The van der Waals surface area contributed by atoms with Gasteiger partial charge in [-0.25, -0.2) is 9.59 Å². The molecule has 0 aliphatic carbocycles. The lowest BCUT2D eigenvalue weighted by Gasteiger charge is -2.20. The molecule has 23 heavy (non-hydrogen) atoms. The van der Waals surface area contributed by atoms with E-state index in [1.54, 1.807) is 20.8 Å². The fraction of sp³-hybridized carbons (Fsp3) is 0.533. The molecule has 0 aliphatic rings. The molecule has 1 atom stereocenters. The molecule has 128 valence electrons. The zero-order chi connectivity index (χ0) is 18.0. The second kappa shape index (κ2) is 10.3. The van der Waals surface area contributed by atoms with Crippen molar-refractivity contribution in [1.82, 2.24) is 5.32 Å². The average Bonchev–Trinajstić information content (AvgIpc) is 2.53. The Balaban J connectivity index is 4.48. The Kier molecular flexibility index (Phi) is 9.14. The maximum absolute atomic E-state index is 11.7. The normalized spacial score (nSPS) is 11.9. The van der Waals surface area contributed by atoms with E-state index in [1.165, 1.54) is 0 Å². The van der Waals surface area contributed by atoms with E-state index in [9.17, 15) is 24.0 Å². The number of ether oxygens (including phenoxy) is 2. The van der Waals surface area contributed by atoms with Crippen LogP contribution in [-0.4, -0.2) is 49.2 Å². The van der Waals surface area contributed by atoms with Gasteiger partial charge in [0, 0.05) is 18.6 Å². The summed E-state index contributed by atoms with van der Waals surface area (Å²) in [4.78, 5) is 57.0. The molecule has 0 aromatic heterocycles. The zero-order valence-corrected chi connectivity index (χ0v) is 13.6. The van der Waals surface area contributed by atoms with Gasteiger partial charge in [-0.2, -0.15) is 0 Å². The van der Waals surface area contributed by atoms with Gasteiger partial charge >= 0.3 is 11.9 Å². The standard InChI is InChI=1S/C15H21NO7/c1-5-10(17)14(9(2)3)16-15(21)11(18)8-23-13(20)7-6-12(19)22-4/h6-7,9,14H,5,8H2,1-4H3,(H,16,21)/b7-6+/t14-/m0/s1. The van der Waals surface area contributed by atoms with Crippen LogP contribution in [0.1, 0.15) is 27.2 Å². The smallest absolute Gasteiger partial charge is 0.331 e. The highest BCUT2D eigenvalue weighted by atomic mass is 16.5. The number of rotatable bonds is 9. The highest BCUT2D eigenvalue weighted by Gasteiger charge is 2.25. The van der Waals surface area contributed by atoms with E-state index in [0.29, 0.717) is 0 Å². The minimum absolute atomic E-state index is 0.176. The number of esters is 2. The number of Topliss-reactive ketones (excluding diaryl/α,β-unsaturated/α-hetero) is 2. The highest BCUT2D eigenvalue weighted by molar-refractivity contribution is 6.37. The van der Waals surface area contributed by atoms with Crippen LogP contribution in [0.4, 0.5) is 0 Å². The first-order valence-electron chi connectivity index (χ1n) is 7.02. The fourth-order valence-electron chi connectivity index (χ4n) is 1.52. The predicted octanol–water partition coefficient (Wildman–Crippen LogP) is -0.0522. The molecule has 0 aromatic carbocycles. The number of ketones is 2. The molecule has 0 fully saturated rings. The van der Waals surface area contributed by atoms with Crippen LogP contribution < -0.4 is 5.32 Å². The Bertz CT molecular complexity index is 508. The van der Waals surface area contributed by atoms with Crippen molar-refractivity contribution in [2.45, 2.75) is 33.2 Å². The fourth-order valence-corrected chi connectivity index (χ4v) is 1.52. The van der Waals surface area contributed by atoms with Crippen molar-refractivity contribution in [2.75, 3.05) is 13.7 Å². The van der Waals surface area contributed by atoms with Crippen molar-refractivity contribution >= 4 is 29.4 Å². The highest BCUT2D eigenvalue weighted by Crippen LogP contribution is 2.05. The number of carbonyl (C=O) groups is 5. The quantitative estimate of drug-likeness (QED) is 0.358. The van der Waals surface area contributed by atoms with Gasteiger partial charge < -0.3 is 14.8 Å².